The molecular weight excluding hydrogens is 380 g/mol. The molecule has 0 aromatic heterocycles. The highest BCUT2D eigenvalue weighted by molar-refractivity contribution is 6.07. The first-order chi connectivity index (χ1) is 14.7. The summed E-state index contributed by atoms with van der Waals surface area (Å²) < 4.78 is 0. The van der Waals surface area contributed by atoms with Gasteiger partial charge in [-0.15, -0.1) is 0 Å². The lowest BCUT2D eigenvalue weighted by Crippen LogP contribution is -2.19. The minimum absolute atomic E-state index is 0.380. The second-order valence-electron chi connectivity index (χ2n) is 6.78. The Kier molecular flexibility index (Phi) is 5.84. The zero-order valence-corrected chi connectivity index (χ0v) is 16.3. The van der Waals surface area contributed by atoms with Crippen LogP contribution in [0, 0.1) is 0 Å². The number of hydrogen-bond donors (Lipinski definition) is 4. The lowest BCUT2D eigenvalue weighted by Gasteiger charge is -2.06. The summed E-state index contributed by atoms with van der Waals surface area (Å²) in [4.78, 5) is 32.9. The monoisotopic (exact) mass is 402 g/mol. The van der Waals surface area contributed by atoms with Gasteiger partial charge in [-0.1, -0.05) is 0 Å². The van der Waals surface area contributed by atoms with Gasteiger partial charge >= 0.3 is 0 Å². The maximum absolute atomic E-state index is 12.1. The molecule has 2 aliphatic heterocycles. The highest BCUT2D eigenvalue weighted by Gasteiger charge is 2.09. The van der Waals surface area contributed by atoms with Crippen molar-refractivity contribution >= 4 is 34.9 Å². The molecule has 30 heavy (non-hydrogen) atoms. The summed E-state index contributed by atoms with van der Waals surface area (Å²) in [7, 11) is 0. The average molecular weight is 402 g/mol. The Hall–Kier alpha value is -3.94. The third-order valence-electron chi connectivity index (χ3n) is 4.59. The average Bonchev–Trinajstić information content (AvgIpc) is 3.48. The van der Waals surface area contributed by atoms with Crippen LogP contribution in [0.25, 0.3) is 0 Å². The van der Waals surface area contributed by atoms with Gasteiger partial charge < -0.3 is 21.3 Å². The molecule has 2 amide bonds. The summed E-state index contributed by atoms with van der Waals surface area (Å²) in [6, 6.07) is 14.8. The zero-order valence-electron chi connectivity index (χ0n) is 16.3. The smallest absolute Gasteiger partial charge is 0.248 e. The van der Waals surface area contributed by atoms with Crippen LogP contribution < -0.4 is 21.3 Å². The standard InChI is InChI=1S/C22H22N6O2/c29-19(27-17-5-1-15(2-6-17)21-23-11-12-24-21)9-10-20(30)28-18-7-3-16(4-8-18)22-25-13-14-26-22/h1-10H,11-14H2,(H,23,24)(H,25,26)(H,27,29)(H,28,30)/b10-9+. The molecule has 2 aromatic rings. The molecule has 152 valence electrons. The molecule has 4 rings (SSSR count). The van der Waals surface area contributed by atoms with Crippen LogP contribution in [0.2, 0.25) is 0 Å². The third kappa shape index (κ3) is 4.91. The van der Waals surface area contributed by atoms with E-state index in [1.54, 1.807) is 24.3 Å². The highest BCUT2D eigenvalue weighted by atomic mass is 16.2. The number of amidine groups is 2. The molecule has 2 aliphatic rings. The van der Waals surface area contributed by atoms with E-state index in [2.05, 4.69) is 31.3 Å². The van der Waals surface area contributed by atoms with Gasteiger partial charge in [0.15, 0.2) is 0 Å². The molecule has 4 N–H and O–H groups in total. The van der Waals surface area contributed by atoms with Crippen molar-refractivity contribution in [3.05, 3.63) is 71.8 Å². The Balaban J connectivity index is 1.27. The van der Waals surface area contributed by atoms with Gasteiger partial charge in [-0.3, -0.25) is 19.6 Å². The van der Waals surface area contributed by atoms with Crippen LogP contribution in [0.1, 0.15) is 11.1 Å². The number of anilines is 2. The van der Waals surface area contributed by atoms with E-state index in [0.717, 1.165) is 49.0 Å². The molecule has 0 bridgehead atoms. The van der Waals surface area contributed by atoms with E-state index in [9.17, 15) is 9.59 Å². The molecule has 0 fully saturated rings. The van der Waals surface area contributed by atoms with Crippen molar-refractivity contribution in [3.63, 3.8) is 0 Å². The summed E-state index contributed by atoms with van der Waals surface area (Å²) in [5.74, 6) is 0.972. The predicted molar refractivity (Wildman–Crippen MR) is 118 cm³/mol. The fraction of sp³-hybridized carbons (Fsp3) is 0.182. The minimum atomic E-state index is -0.380. The Morgan fingerprint density at radius 1 is 0.700 bits per heavy atom. The second-order valence-corrected chi connectivity index (χ2v) is 6.78. The number of benzene rings is 2. The Labute approximate surface area is 174 Å². The fourth-order valence-corrected chi connectivity index (χ4v) is 3.12. The Morgan fingerprint density at radius 2 is 1.10 bits per heavy atom. The van der Waals surface area contributed by atoms with Crippen molar-refractivity contribution in [1.29, 1.82) is 0 Å². The molecule has 0 spiro atoms. The van der Waals surface area contributed by atoms with Crippen molar-refractivity contribution in [2.24, 2.45) is 9.98 Å². The van der Waals surface area contributed by atoms with Crippen molar-refractivity contribution in [2.45, 2.75) is 0 Å². The summed E-state index contributed by atoms with van der Waals surface area (Å²) in [5, 5.41) is 11.9. The summed E-state index contributed by atoms with van der Waals surface area (Å²) in [5.41, 5.74) is 3.24. The number of nitrogens with zero attached hydrogens (tertiary/aromatic N) is 2. The fourth-order valence-electron chi connectivity index (χ4n) is 3.12. The van der Waals surface area contributed by atoms with Crippen molar-refractivity contribution in [2.75, 3.05) is 36.8 Å². The molecule has 0 atom stereocenters. The van der Waals surface area contributed by atoms with Crippen LogP contribution in [0.3, 0.4) is 0 Å². The first kappa shape index (κ1) is 19.4. The van der Waals surface area contributed by atoms with Crippen molar-refractivity contribution in [1.82, 2.24) is 10.6 Å². The molecule has 8 heteroatoms. The van der Waals surface area contributed by atoms with Gasteiger partial charge in [-0.25, -0.2) is 0 Å². The second kappa shape index (κ2) is 9.04. The quantitative estimate of drug-likeness (QED) is 0.550. The number of amides is 2. The third-order valence-corrected chi connectivity index (χ3v) is 4.59. The zero-order chi connectivity index (χ0) is 20.8. The van der Waals surface area contributed by atoms with Crippen LogP contribution in [0.5, 0.6) is 0 Å². The van der Waals surface area contributed by atoms with E-state index < -0.39 is 0 Å². The lowest BCUT2D eigenvalue weighted by atomic mass is 10.2. The minimum Gasteiger partial charge on any atom is -0.368 e. The van der Waals surface area contributed by atoms with Crippen LogP contribution in [0.4, 0.5) is 11.4 Å². The molecule has 0 unspecified atom stereocenters. The van der Waals surface area contributed by atoms with Crippen LogP contribution in [-0.4, -0.2) is 49.7 Å². The summed E-state index contributed by atoms with van der Waals surface area (Å²) in [6.07, 6.45) is 2.41. The Bertz CT molecular complexity index is 939. The van der Waals surface area contributed by atoms with Gasteiger partial charge in [0.2, 0.25) is 11.8 Å². The first-order valence-electron chi connectivity index (χ1n) is 9.75. The van der Waals surface area contributed by atoms with E-state index >= 15 is 0 Å². The van der Waals surface area contributed by atoms with Crippen molar-refractivity contribution in [3.8, 4) is 0 Å². The maximum atomic E-state index is 12.1. The van der Waals surface area contributed by atoms with Gasteiger partial charge in [0.25, 0.3) is 0 Å². The highest BCUT2D eigenvalue weighted by Crippen LogP contribution is 2.12. The molecule has 0 radical (unpaired) electrons. The topological polar surface area (TPSA) is 107 Å². The predicted octanol–water partition coefficient (Wildman–Crippen LogP) is 1.52. The SMILES string of the molecule is O=C(/C=C/C(=O)Nc1ccc(C2=NCCN2)cc1)Nc1ccc(C2=NCCN2)cc1. The van der Waals surface area contributed by atoms with Gasteiger partial charge in [0.1, 0.15) is 11.7 Å². The van der Waals surface area contributed by atoms with Gasteiger partial charge in [-0.2, -0.15) is 0 Å². The van der Waals surface area contributed by atoms with Gasteiger partial charge in [-0.05, 0) is 48.5 Å². The largest absolute Gasteiger partial charge is 0.368 e. The van der Waals surface area contributed by atoms with Crippen LogP contribution in [-0.2, 0) is 9.59 Å². The Morgan fingerprint density at radius 3 is 1.43 bits per heavy atom. The van der Waals surface area contributed by atoms with E-state index in [1.807, 2.05) is 24.3 Å². The maximum Gasteiger partial charge on any atom is 0.248 e. The number of hydrogen-bond acceptors (Lipinski definition) is 6. The summed E-state index contributed by atoms with van der Waals surface area (Å²) in [6.45, 7) is 3.24. The van der Waals surface area contributed by atoms with Gasteiger partial charge in [0, 0.05) is 47.7 Å². The van der Waals surface area contributed by atoms with E-state index in [0.29, 0.717) is 11.4 Å². The molecule has 0 aliphatic carbocycles. The van der Waals surface area contributed by atoms with Crippen LogP contribution in [0.15, 0.2) is 70.7 Å². The van der Waals surface area contributed by atoms with E-state index in [4.69, 9.17) is 0 Å². The molecule has 2 heterocycles. The number of carbonyl (C=O) groups is 2. The van der Waals surface area contributed by atoms with E-state index in [1.165, 1.54) is 12.2 Å². The van der Waals surface area contributed by atoms with Crippen LogP contribution >= 0.6 is 0 Å². The summed E-state index contributed by atoms with van der Waals surface area (Å²) >= 11 is 0. The number of nitrogens with one attached hydrogen (secondary N) is 4. The molecule has 8 nitrogen and oxygen atoms in total. The lowest BCUT2D eigenvalue weighted by molar-refractivity contribution is -0.114. The van der Waals surface area contributed by atoms with Crippen molar-refractivity contribution < 1.29 is 9.59 Å². The van der Waals surface area contributed by atoms with Gasteiger partial charge in [0.05, 0.1) is 13.1 Å². The molecule has 0 saturated carbocycles. The molecule has 0 saturated heterocycles. The number of aliphatic imine (C=N–C) groups is 2. The normalized spacial score (nSPS) is 15.2. The van der Waals surface area contributed by atoms with E-state index in [-0.39, 0.29) is 11.8 Å². The number of carbonyl (C=O) groups excluding carboxylic acids is 2. The molecular formula is C22H22N6O2. The first-order valence-corrected chi connectivity index (χ1v) is 9.75. The number of rotatable bonds is 6. The molecule has 2 aromatic carbocycles.